The van der Waals surface area contributed by atoms with Crippen LogP contribution in [0.4, 0.5) is 4.39 Å². The molecule has 0 aliphatic heterocycles. The third kappa shape index (κ3) is 5.09. The van der Waals surface area contributed by atoms with E-state index in [2.05, 4.69) is 0 Å². The Labute approximate surface area is 203 Å². The minimum absolute atomic E-state index is 0.0649. The van der Waals surface area contributed by atoms with Gasteiger partial charge >= 0.3 is 11.9 Å². The molecular weight excluding hydrogens is 451 g/mol. The van der Waals surface area contributed by atoms with E-state index in [1.54, 1.807) is 0 Å². The van der Waals surface area contributed by atoms with Crippen molar-refractivity contribution in [1.29, 1.82) is 0 Å². The van der Waals surface area contributed by atoms with Crippen LogP contribution in [0, 0.1) is 11.2 Å². The number of carbonyl (C=O) groups excluding carboxylic acids is 1. The van der Waals surface area contributed by atoms with Gasteiger partial charge in [0, 0.05) is 12.1 Å². The smallest absolute Gasteiger partial charge is 0.339 e. The number of halogens is 1. The zero-order chi connectivity index (χ0) is 25.0. The molecule has 3 aromatic rings. The van der Waals surface area contributed by atoms with Gasteiger partial charge in [0.1, 0.15) is 17.9 Å². The maximum atomic E-state index is 14.5. The molecule has 1 saturated carbocycles. The van der Waals surface area contributed by atoms with Gasteiger partial charge in [0.25, 0.3) is 0 Å². The van der Waals surface area contributed by atoms with Crippen LogP contribution in [0.25, 0.3) is 10.8 Å². The van der Waals surface area contributed by atoms with E-state index in [-0.39, 0.29) is 35.7 Å². The van der Waals surface area contributed by atoms with Crippen molar-refractivity contribution in [3.05, 3.63) is 71.5 Å². The molecular formula is C28H29FO6. The summed E-state index contributed by atoms with van der Waals surface area (Å²) in [5, 5.41) is 11.5. The Morgan fingerprint density at radius 3 is 2.46 bits per heavy atom. The largest absolute Gasteiger partial charge is 0.496 e. The molecule has 1 aliphatic rings. The third-order valence-corrected chi connectivity index (χ3v) is 7.02. The molecule has 0 amide bonds. The van der Waals surface area contributed by atoms with Crippen LogP contribution in [0.2, 0.25) is 0 Å². The first-order valence-electron chi connectivity index (χ1n) is 11.8. The molecule has 0 atom stereocenters. The van der Waals surface area contributed by atoms with E-state index in [1.165, 1.54) is 7.11 Å². The molecule has 35 heavy (non-hydrogen) atoms. The fourth-order valence-corrected chi connectivity index (χ4v) is 4.82. The number of carbonyl (C=O) groups is 2. The van der Waals surface area contributed by atoms with Crippen molar-refractivity contribution in [2.75, 3.05) is 7.11 Å². The summed E-state index contributed by atoms with van der Waals surface area (Å²) in [4.78, 5) is 24.6. The Kier molecular flexibility index (Phi) is 7.24. The fourth-order valence-electron chi connectivity index (χ4n) is 4.82. The molecule has 0 spiro atoms. The number of esters is 1. The van der Waals surface area contributed by atoms with Crippen LogP contribution < -0.4 is 9.47 Å². The van der Waals surface area contributed by atoms with Crippen LogP contribution in [-0.4, -0.2) is 30.3 Å². The summed E-state index contributed by atoms with van der Waals surface area (Å²) in [5.41, 5.74) is 0.179. The number of hydrogen-bond acceptors (Lipinski definition) is 5. The molecule has 0 saturated heterocycles. The summed E-state index contributed by atoms with van der Waals surface area (Å²) in [7, 11) is 1.28. The van der Waals surface area contributed by atoms with Gasteiger partial charge in [-0.2, -0.15) is 0 Å². The Balaban J connectivity index is 1.41. The summed E-state index contributed by atoms with van der Waals surface area (Å²) < 4.78 is 31.1. The maximum Gasteiger partial charge on any atom is 0.339 e. The summed E-state index contributed by atoms with van der Waals surface area (Å²) in [6.45, 7) is 2.18. The molecule has 0 unspecified atom stereocenters. The van der Waals surface area contributed by atoms with Gasteiger partial charge in [-0.25, -0.2) is 9.18 Å². The highest BCUT2D eigenvalue weighted by molar-refractivity contribution is 5.91. The molecule has 4 rings (SSSR count). The molecule has 1 N–H and O–H groups in total. The average Bonchev–Trinajstić information content (AvgIpc) is 2.88. The molecule has 0 aromatic heterocycles. The second-order valence-electron chi connectivity index (χ2n) is 8.95. The molecule has 1 fully saturated rings. The Bertz CT molecular complexity index is 1220. The van der Waals surface area contributed by atoms with Gasteiger partial charge in [0.05, 0.1) is 18.6 Å². The van der Waals surface area contributed by atoms with Crippen LogP contribution in [0.5, 0.6) is 11.5 Å². The van der Waals surface area contributed by atoms with Crippen LogP contribution in [-0.2, 0) is 16.1 Å². The number of benzene rings is 3. The SMILES string of the molecule is CC[C@]1(C(=O)OCc2cccc3ccccc23)CC[C@@H](Oc2cc(C(=O)O)c(OC)cc2F)CC1. The lowest BCUT2D eigenvalue weighted by Gasteiger charge is -2.37. The monoisotopic (exact) mass is 480 g/mol. The summed E-state index contributed by atoms with van der Waals surface area (Å²) >= 11 is 0. The van der Waals surface area contributed by atoms with E-state index in [0.717, 1.165) is 28.5 Å². The second kappa shape index (κ2) is 10.3. The van der Waals surface area contributed by atoms with Crippen molar-refractivity contribution in [2.24, 2.45) is 5.41 Å². The minimum atomic E-state index is -1.23. The lowest BCUT2D eigenvalue weighted by molar-refractivity contribution is -0.161. The summed E-state index contributed by atoms with van der Waals surface area (Å²) in [6, 6.07) is 16.1. The van der Waals surface area contributed by atoms with Crippen molar-refractivity contribution in [3.8, 4) is 11.5 Å². The number of carboxylic acid groups (broad SMARTS) is 1. The molecule has 0 heterocycles. The lowest BCUT2D eigenvalue weighted by Crippen LogP contribution is -2.39. The standard InChI is InChI=1S/C28H29FO6/c1-3-28(27(32)34-17-19-9-6-8-18-7-4-5-10-21(18)19)13-11-20(12-14-28)35-25-15-22(26(30)31)24(33-2)16-23(25)29/h4-10,15-16,20H,3,11-14,17H2,1-2H3,(H,30,31)/t20-,28+. The number of carboxylic acids is 1. The van der Waals surface area contributed by atoms with Gasteiger partial charge in [0.2, 0.25) is 0 Å². The molecule has 184 valence electrons. The predicted octanol–water partition coefficient (Wildman–Crippen LogP) is 6.15. The Morgan fingerprint density at radius 2 is 1.77 bits per heavy atom. The molecule has 6 nitrogen and oxygen atoms in total. The van der Waals surface area contributed by atoms with Crippen molar-refractivity contribution in [2.45, 2.75) is 51.7 Å². The van der Waals surface area contributed by atoms with Crippen LogP contribution >= 0.6 is 0 Å². The summed E-state index contributed by atoms with van der Waals surface area (Å²) in [5.74, 6) is -2.33. The van der Waals surface area contributed by atoms with Gasteiger partial charge < -0.3 is 19.3 Å². The highest BCUT2D eigenvalue weighted by Gasteiger charge is 2.42. The number of methoxy groups -OCH3 is 1. The normalized spacial score (nSPS) is 19.8. The number of aromatic carboxylic acids is 1. The van der Waals surface area contributed by atoms with Gasteiger partial charge in [-0.3, -0.25) is 4.79 Å². The van der Waals surface area contributed by atoms with Gasteiger partial charge in [0.15, 0.2) is 11.6 Å². The Hall–Kier alpha value is -3.61. The predicted molar refractivity (Wildman–Crippen MR) is 129 cm³/mol. The zero-order valence-corrected chi connectivity index (χ0v) is 19.9. The number of hydrogen-bond donors (Lipinski definition) is 1. The number of ether oxygens (including phenoxy) is 3. The molecule has 0 radical (unpaired) electrons. The third-order valence-electron chi connectivity index (χ3n) is 7.02. The van der Waals surface area contributed by atoms with Crippen LogP contribution in [0.3, 0.4) is 0 Å². The number of fused-ring (bicyclic) bond motifs is 1. The molecule has 3 aromatic carbocycles. The van der Waals surface area contributed by atoms with Crippen molar-refractivity contribution in [1.82, 2.24) is 0 Å². The molecule has 0 bridgehead atoms. The van der Waals surface area contributed by atoms with Crippen molar-refractivity contribution in [3.63, 3.8) is 0 Å². The minimum Gasteiger partial charge on any atom is -0.496 e. The van der Waals surface area contributed by atoms with Crippen LogP contribution in [0.1, 0.15) is 54.9 Å². The van der Waals surface area contributed by atoms with Gasteiger partial charge in [-0.15, -0.1) is 0 Å². The van der Waals surface area contributed by atoms with E-state index >= 15 is 0 Å². The van der Waals surface area contributed by atoms with Gasteiger partial charge in [-0.05, 0) is 48.4 Å². The lowest BCUT2D eigenvalue weighted by atomic mass is 9.71. The second-order valence-corrected chi connectivity index (χ2v) is 8.95. The fraction of sp³-hybridized carbons (Fsp3) is 0.357. The van der Waals surface area contributed by atoms with Crippen molar-refractivity contribution < 1.29 is 33.3 Å². The average molecular weight is 481 g/mol. The highest BCUT2D eigenvalue weighted by Crippen LogP contribution is 2.42. The zero-order valence-electron chi connectivity index (χ0n) is 19.9. The first-order chi connectivity index (χ1) is 16.9. The summed E-state index contributed by atoms with van der Waals surface area (Å²) in [6.07, 6.45) is 2.47. The van der Waals surface area contributed by atoms with E-state index in [9.17, 15) is 19.1 Å². The number of rotatable bonds is 8. The van der Waals surface area contributed by atoms with E-state index in [4.69, 9.17) is 14.2 Å². The molecule has 7 heteroatoms. The van der Waals surface area contributed by atoms with E-state index in [0.29, 0.717) is 32.1 Å². The van der Waals surface area contributed by atoms with Crippen molar-refractivity contribution >= 4 is 22.7 Å². The quantitative estimate of drug-likeness (QED) is 0.390. The Morgan fingerprint density at radius 1 is 1.06 bits per heavy atom. The topological polar surface area (TPSA) is 82.1 Å². The van der Waals surface area contributed by atoms with Gasteiger partial charge in [-0.1, -0.05) is 49.4 Å². The first-order valence-corrected chi connectivity index (χ1v) is 11.8. The maximum absolute atomic E-state index is 14.5. The molecule has 1 aliphatic carbocycles. The van der Waals surface area contributed by atoms with Crippen LogP contribution in [0.15, 0.2) is 54.6 Å². The van der Waals surface area contributed by atoms with E-state index < -0.39 is 17.2 Å². The highest BCUT2D eigenvalue weighted by atomic mass is 19.1. The van der Waals surface area contributed by atoms with E-state index in [1.807, 2.05) is 49.4 Å². The first kappa shape index (κ1) is 24.5.